The van der Waals surface area contributed by atoms with Gasteiger partial charge in [-0.05, 0) is 0 Å². The van der Waals surface area contributed by atoms with Crippen molar-refractivity contribution < 1.29 is 4.74 Å². The van der Waals surface area contributed by atoms with E-state index >= 15 is 0 Å². The second-order valence-corrected chi connectivity index (χ2v) is 1.68. The fourth-order valence-electron chi connectivity index (χ4n) is 0.368. The topological polar surface area (TPSA) is 9.23 Å². The van der Waals surface area contributed by atoms with Crippen molar-refractivity contribution in [2.24, 2.45) is 5.92 Å². The van der Waals surface area contributed by atoms with E-state index in [-0.39, 0.29) is 0 Å². The molecule has 1 aliphatic heterocycles. The maximum Gasteiger partial charge on any atom is 0.0972 e. The Bertz CT molecular complexity index is 76.0. The second kappa shape index (κ2) is 1.00. The highest BCUT2D eigenvalue weighted by Crippen LogP contribution is 2.20. The van der Waals surface area contributed by atoms with Crippen LogP contribution < -0.4 is 0 Å². The van der Waals surface area contributed by atoms with Crippen molar-refractivity contribution >= 4 is 0 Å². The average Bonchev–Trinajstić information content (AvgIpc) is 1.61. The lowest BCUT2D eigenvalue weighted by Gasteiger charge is -2.25. The first-order chi connectivity index (χ1) is 2.80. The third kappa shape index (κ3) is 0.313. The lowest BCUT2D eigenvalue weighted by molar-refractivity contribution is 0.0607. The molecule has 0 amide bonds. The predicted octanol–water partition coefficient (Wildman–Crippen LogP) is 1.17. The first-order valence-electron chi connectivity index (χ1n) is 2.12. The van der Waals surface area contributed by atoms with Crippen LogP contribution in [0.2, 0.25) is 0 Å². The minimum atomic E-state index is 0.616. The van der Waals surface area contributed by atoms with Gasteiger partial charge in [0, 0.05) is 5.92 Å². The smallest absolute Gasteiger partial charge is 0.0972 e. The monoisotopic (exact) mass is 84.1 g/mol. The molecule has 0 bridgehead atoms. The van der Waals surface area contributed by atoms with Crippen LogP contribution in [0.15, 0.2) is 12.3 Å². The van der Waals surface area contributed by atoms with Gasteiger partial charge in [0.15, 0.2) is 0 Å². The average molecular weight is 84.1 g/mol. The molecule has 1 rings (SSSR count). The van der Waals surface area contributed by atoms with Crippen LogP contribution in [-0.2, 0) is 4.74 Å². The molecule has 1 nitrogen and oxygen atoms in total. The zero-order valence-electron chi connectivity index (χ0n) is 3.90. The van der Waals surface area contributed by atoms with Crippen molar-refractivity contribution in [3.05, 3.63) is 12.3 Å². The van der Waals surface area contributed by atoms with Crippen molar-refractivity contribution in [2.75, 3.05) is 6.61 Å². The molecule has 1 heteroatoms. The molecule has 0 saturated carbocycles. The minimum absolute atomic E-state index is 0.616. The standard InChI is InChI=1S/C5H8O/c1-4-3-6-5(4)2/h4H,2-3H2,1H3. The summed E-state index contributed by atoms with van der Waals surface area (Å²) >= 11 is 0. The normalized spacial score (nSPS) is 31.5. The van der Waals surface area contributed by atoms with Crippen LogP contribution in [0, 0.1) is 5.92 Å². The van der Waals surface area contributed by atoms with E-state index < -0.39 is 0 Å². The third-order valence-corrected chi connectivity index (χ3v) is 1.07. The Balaban J connectivity index is 2.39. The van der Waals surface area contributed by atoms with Gasteiger partial charge in [0.1, 0.15) is 0 Å². The van der Waals surface area contributed by atoms with E-state index in [2.05, 4.69) is 13.5 Å². The summed E-state index contributed by atoms with van der Waals surface area (Å²) < 4.78 is 4.85. The molecule has 1 heterocycles. The van der Waals surface area contributed by atoms with Crippen molar-refractivity contribution in [2.45, 2.75) is 6.92 Å². The molecule has 1 unspecified atom stereocenters. The zero-order valence-corrected chi connectivity index (χ0v) is 3.90. The lowest BCUT2D eigenvalue weighted by atomic mass is 10.1. The largest absolute Gasteiger partial charge is 0.497 e. The van der Waals surface area contributed by atoms with Gasteiger partial charge in [-0.25, -0.2) is 0 Å². The molecule has 1 aliphatic rings. The molecule has 1 saturated heterocycles. The molecule has 0 aliphatic carbocycles. The Morgan fingerprint density at radius 1 is 2.00 bits per heavy atom. The Hall–Kier alpha value is -0.460. The first kappa shape index (κ1) is 3.72. The second-order valence-electron chi connectivity index (χ2n) is 1.68. The van der Waals surface area contributed by atoms with Gasteiger partial charge in [-0.3, -0.25) is 0 Å². The number of rotatable bonds is 0. The van der Waals surface area contributed by atoms with Gasteiger partial charge in [0.2, 0.25) is 0 Å². The molecule has 0 N–H and O–H groups in total. The summed E-state index contributed by atoms with van der Waals surface area (Å²) in [5.74, 6) is 1.56. The molecule has 0 aromatic heterocycles. The Kier molecular flexibility index (Phi) is 0.621. The van der Waals surface area contributed by atoms with Crippen LogP contribution in [0.25, 0.3) is 0 Å². The van der Waals surface area contributed by atoms with E-state index in [0.717, 1.165) is 12.4 Å². The summed E-state index contributed by atoms with van der Waals surface area (Å²) in [6.07, 6.45) is 0. The minimum Gasteiger partial charge on any atom is -0.497 e. The molecule has 6 heavy (non-hydrogen) atoms. The highest BCUT2D eigenvalue weighted by Gasteiger charge is 2.17. The third-order valence-electron chi connectivity index (χ3n) is 1.07. The summed E-state index contributed by atoms with van der Waals surface area (Å²) in [6, 6.07) is 0. The summed E-state index contributed by atoms with van der Waals surface area (Å²) in [5.41, 5.74) is 0. The maximum atomic E-state index is 4.85. The first-order valence-corrected chi connectivity index (χ1v) is 2.12. The van der Waals surface area contributed by atoms with E-state index in [1.54, 1.807) is 0 Å². The molecule has 0 aromatic rings. The van der Waals surface area contributed by atoms with Crippen molar-refractivity contribution in [3.63, 3.8) is 0 Å². The van der Waals surface area contributed by atoms with Crippen LogP contribution in [-0.4, -0.2) is 6.61 Å². The van der Waals surface area contributed by atoms with Crippen LogP contribution in [0.4, 0.5) is 0 Å². The molecule has 0 aromatic carbocycles. The van der Waals surface area contributed by atoms with Gasteiger partial charge < -0.3 is 4.74 Å². The van der Waals surface area contributed by atoms with Gasteiger partial charge in [0.05, 0.1) is 12.4 Å². The highest BCUT2D eigenvalue weighted by molar-refractivity contribution is 4.96. The molecular formula is C5H8O. The maximum absolute atomic E-state index is 4.85. The van der Waals surface area contributed by atoms with Crippen LogP contribution >= 0.6 is 0 Å². The SMILES string of the molecule is C=C1OCC1C. The zero-order chi connectivity index (χ0) is 4.57. The molecule has 1 fully saturated rings. The van der Waals surface area contributed by atoms with E-state index in [4.69, 9.17) is 4.74 Å². The summed E-state index contributed by atoms with van der Waals surface area (Å²) in [5, 5.41) is 0. The fraction of sp³-hybridized carbons (Fsp3) is 0.600. The Morgan fingerprint density at radius 2 is 2.50 bits per heavy atom. The summed E-state index contributed by atoms with van der Waals surface area (Å²) in [7, 11) is 0. The van der Waals surface area contributed by atoms with Gasteiger partial charge in [-0.1, -0.05) is 13.5 Å². The number of hydrogen-bond donors (Lipinski definition) is 0. The van der Waals surface area contributed by atoms with Gasteiger partial charge >= 0.3 is 0 Å². The van der Waals surface area contributed by atoms with E-state index in [0.29, 0.717) is 5.92 Å². The molecular weight excluding hydrogens is 76.1 g/mol. The number of ether oxygens (including phenoxy) is 1. The van der Waals surface area contributed by atoms with Gasteiger partial charge in [-0.15, -0.1) is 0 Å². The Labute approximate surface area is 37.6 Å². The van der Waals surface area contributed by atoms with E-state index in [9.17, 15) is 0 Å². The van der Waals surface area contributed by atoms with E-state index in [1.165, 1.54) is 0 Å². The number of hydrogen-bond acceptors (Lipinski definition) is 1. The fourth-order valence-corrected chi connectivity index (χ4v) is 0.368. The highest BCUT2D eigenvalue weighted by atomic mass is 16.5. The van der Waals surface area contributed by atoms with Gasteiger partial charge in [0.25, 0.3) is 0 Å². The molecule has 1 atom stereocenters. The van der Waals surface area contributed by atoms with Crippen molar-refractivity contribution in [3.8, 4) is 0 Å². The quantitative estimate of drug-likeness (QED) is 0.428. The van der Waals surface area contributed by atoms with Crippen LogP contribution in [0.5, 0.6) is 0 Å². The van der Waals surface area contributed by atoms with E-state index in [1.807, 2.05) is 0 Å². The molecule has 0 radical (unpaired) electrons. The summed E-state index contributed by atoms with van der Waals surface area (Å²) in [6.45, 7) is 6.60. The van der Waals surface area contributed by atoms with Crippen LogP contribution in [0.3, 0.4) is 0 Å². The Morgan fingerprint density at radius 3 is 2.50 bits per heavy atom. The predicted molar refractivity (Wildman–Crippen MR) is 24.3 cm³/mol. The van der Waals surface area contributed by atoms with Crippen molar-refractivity contribution in [1.29, 1.82) is 0 Å². The lowest BCUT2D eigenvalue weighted by Crippen LogP contribution is -2.20. The molecule has 0 spiro atoms. The van der Waals surface area contributed by atoms with Crippen LogP contribution in [0.1, 0.15) is 6.92 Å². The molecule has 34 valence electrons. The summed E-state index contributed by atoms with van der Waals surface area (Å²) in [4.78, 5) is 0. The van der Waals surface area contributed by atoms with Gasteiger partial charge in [-0.2, -0.15) is 0 Å². The van der Waals surface area contributed by atoms with Crippen molar-refractivity contribution in [1.82, 2.24) is 0 Å².